The molecule has 13 heteroatoms. The van der Waals surface area contributed by atoms with Crippen molar-refractivity contribution in [3.05, 3.63) is 63.5 Å². The average Bonchev–Trinajstić information content (AvgIpc) is 3.62. The molecule has 0 atom stereocenters. The number of thiazole rings is 1. The van der Waals surface area contributed by atoms with Crippen LogP contribution in [-0.2, 0) is 11.3 Å². The van der Waals surface area contributed by atoms with Gasteiger partial charge < -0.3 is 19.0 Å². The van der Waals surface area contributed by atoms with Crippen molar-refractivity contribution in [1.29, 1.82) is 0 Å². The number of ether oxygens (including phenoxy) is 1. The fourth-order valence-electron chi connectivity index (χ4n) is 3.13. The molecule has 1 aromatic carbocycles. The molecule has 0 saturated carbocycles. The predicted octanol–water partition coefficient (Wildman–Crippen LogP) is 2.76. The summed E-state index contributed by atoms with van der Waals surface area (Å²) in [5, 5.41) is 17.6. The lowest BCUT2D eigenvalue weighted by atomic mass is 10.3. The van der Waals surface area contributed by atoms with E-state index in [1.807, 2.05) is 12.3 Å². The third-order valence-electron chi connectivity index (χ3n) is 4.73. The van der Waals surface area contributed by atoms with Crippen LogP contribution in [0.4, 0.5) is 5.82 Å². The first kappa shape index (κ1) is 21.3. The van der Waals surface area contributed by atoms with Gasteiger partial charge in [-0.2, -0.15) is 9.78 Å². The summed E-state index contributed by atoms with van der Waals surface area (Å²) < 4.78 is 18.0. The molecule has 0 aliphatic carbocycles. The monoisotopic (exact) mass is 479 g/mol. The van der Waals surface area contributed by atoms with Crippen LogP contribution < -0.4 is 15.8 Å². The maximum atomic E-state index is 12.6. The summed E-state index contributed by atoms with van der Waals surface area (Å²) in [6.07, 6.45) is 1.55. The first-order valence-corrected chi connectivity index (χ1v) is 10.8. The van der Waals surface area contributed by atoms with Crippen molar-refractivity contribution < 1.29 is 18.5 Å². The van der Waals surface area contributed by atoms with Gasteiger partial charge in [0.1, 0.15) is 23.8 Å². The molecule has 1 amide bonds. The zero-order chi connectivity index (χ0) is 23.7. The van der Waals surface area contributed by atoms with Crippen molar-refractivity contribution >= 4 is 23.1 Å². The molecule has 0 unspecified atom stereocenters. The second kappa shape index (κ2) is 8.78. The third-order valence-corrected chi connectivity index (χ3v) is 5.50. The van der Waals surface area contributed by atoms with E-state index in [0.29, 0.717) is 23.0 Å². The van der Waals surface area contributed by atoms with Crippen LogP contribution in [0.2, 0.25) is 0 Å². The molecule has 34 heavy (non-hydrogen) atoms. The molecular weight excluding hydrogens is 462 g/mol. The van der Waals surface area contributed by atoms with Crippen molar-refractivity contribution in [3.63, 3.8) is 0 Å². The van der Waals surface area contributed by atoms with E-state index in [0.717, 1.165) is 15.4 Å². The molecule has 172 valence electrons. The highest BCUT2D eigenvalue weighted by Crippen LogP contribution is 2.25. The third kappa shape index (κ3) is 4.23. The largest absolute Gasteiger partial charge is 0.497 e. The van der Waals surface area contributed by atoms with Gasteiger partial charge >= 0.3 is 5.76 Å². The van der Waals surface area contributed by atoms with E-state index in [9.17, 15) is 9.59 Å². The lowest BCUT2D eigenvalue weighted by molar-refractivity contribution is -0.117. The first-order chi connectivity index (χ1) is 16.5. The minimum Gasteiger partial charge on any atom is -0.497 e. The van der Waals surface area contributed by atoms with Crippen LogP contribution in [0.25, 0.3) is 28.7 Å². The molecule has 0 bridgehead atoms. The van der Waals surface area contributed by atoms with Crippen molar-refractivity contribution in [3.8, 4) is 34.5 Å². The summed E-state index contributed by atoms with van der Waals surface area (Å²) in [6, 6.07) is 10.4. The minimum absolute atomic E-state index is 0.0666. The number of methoxy groups -OCH3 is 1. The standard InChI is InChI=1S/C21H17N7O5S/c1-12-23-16(11-34-12)17-9-15(26-33-17)20-25-27(21(30)32-20)10-19(29)24-18-7-8-22-28(18)13-3-5-14(31-2)6-4-13/h3-9,11H,10H2,1-2H3,(H,24,29). The Morgan fingerprint density at radius 1 is 1.21 bits per heavy atom. The van der Waals surface area contributed by atoms with E-state index in [4.69, 9.17) is 13.7 Å². The molecule has 0 spiro atoms. The number of nitrogens with one attached hydrogen (secondary N) is 1. The quantitative estimate of drug-likeness (QED) is 0.373. The summed E-state index contributed by atoms with van der Waals surface area (Å²) in [6.45, 7) is 1.51. The fraction of sp³-hybridized carbons (Fsp3) is 0.143. The van der Waals surface area contributed by atoms with Crippen LogP contribution in [0.15, 0.2) is 61.7 Å². The number of aryl methyl sites for hydroxylation is 1. The van der Waals surface area contributed by atoms with E-state index in [-0.39, 0.29) is 18.1 Å². The van der Waals surface area contributed by atoms with Crippen LogP contribution in [0, 0.1) is 6.92 Å². The SMILES string of the molecule is COc1ccc(-n2nccc2NC(=O)Cn2nc(-c3cc(-c4csc(C)n4)on3)oc2=O)cc1. The highest BCUT2D eigenvalue weighted by Gasteiger charge is 2.19. The number of benzene rings is 1. The highest BCUT2D eigenvalue weighted by molar-refractivity contribution is 7.09. The number of carbonyl (C=O) groups excluding carboxylic acids is 1. The fourth-order valence-corrected chi connectivity index (χ4v) is 3.73. The van der Waals surface area contributed by atoms with Gasteiger partial charge in [0, 0.05) is 17.5 Å². The maximum absolute atomic E-state index is 12.6. The number of aromatic nitrogens is 6. The topological polar surface area (TPSA) is 143 Å². The second-order valence-corrected chi connectivity index (χ2v) is 8.10. The Bertz CT molecular complexity index is 1510. The predicted molar refractivity (Wildman–Crippen MR) is 121 cm³/mol. The van der Waals surface area contributed by atoms with Crippen molar-refractivity contribution in [1.82, 2.24) is 29.7 Å². The van der Waals surface area contributed by atoms with E-state index in [1.54, 1.807) is 54.4 Å². The summed E-state index contributed by atoms with van der Waals surface area (Å²) in [5.41, 5.74) is 1.56. The summed E-state index contributed by atoms with van der Waals surface area (Å²) >= 11 is 1.47. The van der Waals surface area contributed by atoms with Crippen LogP contribution in [0.1, 0.15) is 5.01 Å². The zero-order valence-corrected chi connectivity index (χ0v) is 18.8. The molecule has 0 saturated heterocycles. The highest BCUT2D eigenvalue weighted by atomic mass is 32.1. The van der Waals surface area contributed by atoms with Crippen LogP contribution >= 0.6 is 11.3 Å². The Balaban J connectivity index is 1.30. The van der Waals surface area contributed by atoms with E-state index in [2.05, 4.69) is 25.7 Å². The smallest absolute Gasteiger partial charge is 0.437 e. The molecular formula is C21H17N7O5S. The van der Waals surface area contributed by atoms with E-state index >= 15 is 0 Å². The molecule has 4 aromatic heterocycles. The normalized spacial score (nSPS) is 11.0. The van der Waals surface area contributed by atoms with Crippen molar-refractivity contribution in [2.75, 3.05) is 12.4 Å². The molecule has 12 nitrogen and oxygen atoms in total. The van der Waals surface area contributed by atoms with Crippen molar-refractivity contribution in [2.45, 2.75) is 13.5 Å². The summed E-state index contributed by atoms with van der Waals surface area (Å²) in [4.78, 5) is 29.2. The van der Waals surface area contributed by atoms with Gasteiger partial charge in [-0.25, -0.2) is 14.5 Å². The van der Waals surface area contributed by atoms with Crippen LogP contribution in [-0.4, -0.2) is 42.7 Å². The maximum Gasteiger partial charge on any atom is 0.437 e. The number of amides is 1. The second-order valence-electron chi connectivity index (χ2n) is 7.03. The van der Waals surface area contributed by atoms with Gasteiger partial charge in [-0.05, 0) is 31.2 Å². The number of carbonyl (C=O) groups is 1. The number of rotatable bonds is 7. The number of hydrogen-bond donors (Lipinski definition) is 1. The van der Waals surface area contributed by atoms with Crippen LogP contribution in [0.5, 0.6) is 5.75 Å². The molecule has 0 radical (unpaired) electrons. The van der Waals surface area contributed by atoms with E-state index in [1.165, 1.54) is 11.3 Å². The summed E-state index contributed by atoms with van der Waals surface area (Å²) in [7, 11) is 1.58. The van der Waals surface area contributed by atoms with Gasteiger partial charge in [-0.3, -0.25) is 4.79 Å². The molecule has 1 N–H and O–H groups in total. The summed E-state index contributed by atoms with van der Waals surface area (Å²) in [5.74, 6) is 0.179. The molecule has 5 rings (SSSR count). The Morgan fingerprint density at radius 3 is 2.76 bits per heavy atom. The number of nitrogens with zero attached hydrogens (tertiary/aromatic N) is 6. The first-order valence-electron chi connectivity index (χ1n) is 9.96. The van der Waals surface area contributed by atoms with Crippen molar-refractivity contribution in [2.24, 2.45) is 0 Å². The van der Waals surface area contributed by atoms with Gasteiger partial charge in [0.2, 0.25) is 5.91 Å². The van der Waals surface area contributed by atoms with Gasteiger partial charge in [0.05, 0.1) is 24.0 Å². The Hall–Kier alpha value is -4.52. The molecule has 4 heterocycles. The molecule has 5 aromatic rings. The lowest BCUT2D eigenvalue weighted by Gasteiger charge is -2.09. The average molecular weight is 479 g/mol. The Kier molecular flexibility index (Phi) is 5.51. The lowest BCUT2D eigenvalue weighted by Crippen LogP contribution is -2.26. The Labute approximate surface area is 195 Å². The van der Waals surface area contributed by atoms with Gasteiger partial charge in [0.25, 0.3) is 5.89 Å². The number of anilines is 1. The Morgan fingerprint density at radius 2 is 2.03 bits per heavy atom. The van der Waals surface area contributed by atoms with E-state index < -0.39 is 11.7 Å². The van der Waals surface area contributed by atoms with Crippen LogP contribution in [0.3, 0.4) is 0 Å². The number of hydrogen-bond acceptors (Lipinski definition) is 10. The van der Waals surface area contributed by atoms with Gasteiger partial charge in [-0.15, -0.1) is 16.4 Å². The molecule has 0 fully saturated rings. The van der Waals surface area contributed by atoms with Gasteiger partial charge in [-0.1, -0.05) is 5.16 Å². The van der Waals surface area contributed by atoms with Gasteiger partial charge in [0.15, 0.2) is 11.5 Å². The molecule has 0 aliphatic heterocycles. The molecule has 0 aliphatic rings. The zero-order valence-electron chi connectivity index (χ0n) is 18.0. The minimum atomic E-state index is -0.803.